The first kappa shape index (κ1) is 13.5. The van der Waals surface area contributed by atoms with Gasteiger partial charge in [0.25, 0.3) is 5.91 Å². The lowest BCUT2D eigenvalue weighted by Gasteiger charge is -2.08. The van der Waals surface area contributed by atoms with Crippen LogP contribution in [0.5, 0.6) is 0 Å². The highest BCUT2D eigenvalue weighted by atomic mass is 16.6. The molecule has 0 fully saturated rings. The molecule has 0 saturated carbocycles. The lowest BCUT2D eigenvalue weighted by molar-refractivity contribution is -0.384. The molecule has 2 aromatic rings. The first-order chi connectivity index (χ1) is 9.59. The Bertz CT molecular complexity index is 643. The fourth-order valence-electron chi connectivity index (χ4n) is 1.75. The van der Waals surface area contributed by atoms with Crippen LogP contribution >= 0.6 is 0 Å². The second kappa shape index (κ2) is 5.79. The molecule has 2 rings (SSSR count). The van der Waals surface area contributed by atoms with Gasteiger partial charge in [-0.1, -0.05) is 30.3 Å². The van der Waals surface area contributed by atoms with Crippen LogP contribution in [0, 0.1) is 10.1 Å². The van der Waals surface area contributed by atoms with Crippen molar-refractivity contribution in [3.05, 3.63) is 64.0 Å². The van der Waals surface area contributed by atoms with Crippen molar-refractivity contribution in [2.75, 3.05) is 5.32 Å². The Labute approximate surface area is 114 Å². The summed E-state index contributed by atoms with van der Waals surface area (Å²) < 4.78 is 0. The number of carbonyl (C=O) groups is 1. The molecule has 1 aromatic heterocycles. The van der Waals surface area contributed by atoms with E-state index < -0.39 is 10.8 Å². The minimum absolute atomic E-state index is 0.162. The van der Waals surface area contributed by atoms with Gasteiger partial charge in [-0.3, -0.25) is 19.9 Å². The van der Waals surface area contributed by atoms with Crippen molar-refractivity contribution in [1.29, 1.82) is 0 Å². The summed E-state index contributed by atoms with van der Waals surface area (Å²) in [6.45, 7) is 0.381. The largest absolute Gasteiger partial charge is 0.374 e. The fourth-order valence-corrected chi connectivity index (χ4v) is 1.75. The number of nitro groups is 1. The number of amides is 1. The quantitative estimate of drug-likeness (QED) is 0.635. The summed E-state index contributed by atoms with van der Waals surface area (Å²) in [5.41, 5.74) is 5.66. The molecule has 0 unspecified atom stereocenters. The summed E-state index contributed by atoms with van der Waals surface area (Å²) in [6.07, 6.45) is 2.39. The molecule has 0 aliphatic heterocycles. The maximum Gasteiger partial charge on any atom is 0.308 e. The van der Waals surface area contributed by atoms with Crippen LogP contribution in [0.3, 0.4) is 0 Å². The third-order valence-electron chi connectivity index (χ3n) is 2.69. The first-order valence-electron chi connectivity index (χ1n) is 5.79. The molecule has 0 radical (unpaired) electrons. The maximum atomic E-state index is 11.2. The summed E-state index contributed by atoms with van der Waals surface area (Å²) in [7, 11) is 0. The lowest BCUT2D eigenvalue weighted by atomic mass is 10.2. The lowest BCUT2D eigenvalue weighted by Crippen LogP contribution is -2.15. The number of aromatic nitrogens is 1. The zero-order chi connectivity index (χ0) is 14.5. The van der Waals surface area contributed by atoms with Gasteiger partial charge in [0, 0.05) is 12.7 Å². The van der Waals surface area contributed by atoms with E-state index in [1.54, 1.807) is 0 Å². The second-order valence-electron chi connectivity index (χ2n) is 4.04. The first-order valence-corrected chi connectivity index (χ1v) is 5.79. The predicted octanol–water partition coefficient (Wildman–Crippen LogP) is 1.70. The number of carbonyl (C=O) groups excluding carboxylic acids is 1. The van der Waals surface area contributed by atoms with Gasteiger partial charge >= 0.3 is 5.69 Å². The van der Waals surface area contributed by atoms with Crippen molar-refractivity contribution in [3.63, 3.8) is 0 Å². The summed E-state index contributed by atoms with van der Waals surface area (Å²) in [4.78, 5) is 25.4. The van der Waals surface area contributed by atoms with Crippen LogP contribution in [0.4, 0.5) is 11.4 Å². The van der Waals surface area contributed by atoms with Crippen LogP contribution in [-0.4, -0.2) is 15.8 Å². The molecule has 0 saturated heterocycles. The van der Waals surface area contributed by atoms with Gasteiger partial charge < -0.3 is 11.1 Å². The van der Waals surface area contributed by atoms with Crippen molar-refractivity contribution in [1.82, 2.24) is 4.98 Å². The fraction of sp³-hybridized carbons (Fsp3) is 0.0769. The minimum Gasteiger partial charge on any atom is -0.374 e. The predicted molar refractivity (Wildman–Crippen MR) is 73.2 cm³/mol. The highest BCUT2D eigenvalue weighted by molar-refractivity contribution is 5.98. The molecular weight excluding hydrogens is 260 g/mol. The van der Waals surface area contributed by atoms with Crippen LogP contribution < -0.4 is 11.1 Å². The van der Waals surface area contributed by atoms with Crippen LogP contribution in [0.1, 0.15) is 15.9 Å². The summed E-state index contributed by atoms with van der Waals surface area (Å²) in [5, 5.41) is 14.0. The van der Waals surface area contributed by atoms with E-state index in [0.717, 1.165) is 11.8 Å². The molecule has 0 aliphatic rings. The molecule has 1 aromatic carbocycles. The Morgan fingerprint density at radius 3 is 2.60 bits per heavy atom. The number of nitrogens with zero attached hydrogens (tertiary/aromatic N) is 2. The van der Waals surface area contributed by atoms with Crippen molar-refractivity contribution in [2.45, 2.75) is 6.54 Å². The van der Waals surface area contributed by atoms with E-state index in [1.165, 1.54) is 6.20 Å². The monoisotopic (exact) mass is 272 g/mol. The third kappa shape index (κ3) is 2.89. The van der Waals surface area contributed by atoms with Gasteiger partial charge in [-0.2, -0.15) is 0 Å². The standard InChI is InChI=1S/C13H12N4O3/c14-13(18)10-7-15-8-11(12(10)17(19)20)16-6-9-4-2-1-3-5-9/h1-5,7-8,16H,6H2,(H2,14,18). The maximum absolute atomic E-state index is 11.2. The highest BCUT2D eigenvalue weighted by Crippen LogP contribution is 2.27. The van der Waals surface area contributed by atoms with Crippen LogP contribution in [0.2, 0.25) is 0 Å². The molecule has 0 aliphatic carbocycles. The Balaban J connectivity index is 2.30. The van der Waals surface area contributed by atoms with Gasteiger partial charge in [0.1, 0.15) is 11.3 Å². The van der Waals surface area contributed by atoms with E-state index in [4.69, 9.17) is 5.73 Å². The van der Waals surface area contributed by atoms with Crippen molar-refractivity contribution in [2.24, 2.45) is 5.73 Å². The molecule has 102 valence electrons. The number of benzene rings is 1. The molecule has 0 spiro atoms. The summed E-state index contributed by atoms with van der Waals surface area (Å²) in [5.74, 6) is -0.882. The number of primary amides is 1. The molecule has 7 heteroatoms. The molecule has 0 bridgehead atoms. The van der Waals surface area contributed by atoms with Crippen LogP contribution in [-0.2, 0) is 6.54 Å². The normalized spacial score (nSPS) is 10.0. The molecule has 20 heavy (non-hydrogen) atoms. The Morgan fingerprint density at radius 2 is 2.00 bits per heavy atom. The number of anilines is 1. The van der Waals surface area contributed by atoms with Crippen molar-refractivity contribution in [3.8, 4) is 0 Å². The summed E-state index contributed by atoms with van der Waals surface area (Å²) >= 11 is 0. The molecule has 0 atom stereocenters. The Morgan fingerprint density at radius 1 is 1.30 bits per heavy atom. The van der Waals surface area contributed by atoms with Gasteiger partial charge in [-0.25, -0.2) is 0 Å². The topological polar surface area (TPSA) is 111 Å². The van der Waals surface area contributed by atoms with Gasteiger partial charge in [0.05, 0.1) is 11.1 Å². The average molecular weight is 272 g/mol. The van der Waals surface area contributed by atoms with Gasteiger partial charge in [0.15, 0.2) is 0 Å². The van der Waals surface area contributed by atoms with Gasteiger partial charge in [-0.15, -0.1) is 0 Å². The van der Waals surface area contributed by atoms with Gasteiger partial charge in [0.2, 0.25) is 0 Å². The average Bonchev–Trinajstić information content (AvgIpc) is 2.45. The van der Waals surface area contributed by atoms with E-state index in [-0.39, 0.29) is 16.9 Å². The Kier molecular flexibility index (Phi) is 3.90. The van der Waals surface area contributed by atoms with E-state index in [9.17, 15) is 14.9 Å². The SMILES string of the molecule is NC(=O)c1cncc(NCc2ccccc2)c1[N+](=O)[O-]. The van der Waals surface area contributed by atoms with Crippen LogP contribution in [0.15, 0.2) is 42.7 Å². The molecule has 3 N–H and O–H groups in total. The highest BCUT2D eigenvalue weighted by Gasteiger charge is 2.23. The number of nitrogens with two attached hydrogens (primary N) is 1. The van der Waals surface area contributed by atoms with Crippen molar-refractivity contribution < 1.29 is 9.72 Å². The molecule has 1 amide bonds. The number of hydrogen-bond acceptors (Lipinski definition) is 5. The summed E-state index contributed by atoms with van der Waals surface area (Å²) in [6, 6.07) is 9.36. The zero-order valence-electron chi connectivity index (χ0n) is 10.4. The molecule has 7 nitrogen and oxygen atoms in total. The second-order valence-corrected chi connectivity index (χ2v) is 4.04. The van der Waals surface area contributed by atoms with E-state index in [2.05, 4.69) is 10.3 Å². The molecular formula is C13H12N4O3. The smallest absolute Gasteiger partial charge is 0.308 e. The van der Waals surface area contributed by atoms with E-state index in [0.29, 0.717) is 6.54 Å². The number of pyridine rings is 1. The minimum atomic E-state index is -0.882. The van der Waals surface area contributed by atoms with Crippen molar-refractivity contribution >= 4 is 17.3 Å². The Hall–Kier alpha value is -2.96. The number of rotatable bonds is 5. The van der Waals surface area contributed by atoms with E-state index >= 15 is 0 Å². The van der Waals surface area contributed by atoms with E-state index in [1.807, 2.05) is 30.3 Å². The molecule has 1 heterocycles. The third-order valence-corrected chi connectivity index (χ3v) is 2.69. The number of nitrogens with one attached hydrogen (secondary N) is 1. The number of hydrogen-bond donors (Lipinski definition) is 2. The zero-order valence-corrected chi connectivity index (χ0v) is 10.4. The van der Waals surface area contributed by atoms with Gasteiger partial charge in [-0.05, 0) is 5.56 Å². The van der Waals surface area contributed by atoms with Crippen LogP contribution in [0.25, 0.3) is 0 Å².